The van der Waals surface area contributed by atoms with Crippen LogP contribution in [0.25, 0.3) is 0 Å². The summed E-state index contributed by atoms with van der Waals surface area (Å²) in [6.07, 6.45) is 2.10. The average molecular weight is 272 g/mol. The predicted octanol–water partition coefficient (Wildman–Crippen LogP) is 0.800. The zero-order chi connectivity index (χ0) is 13.7. The normalized spacial score (nSPS) is 21.8. The molecule has 1 saturated carbocycles. The van der Waals surface area contributed by atoms with E-state index in [-0.39, 0.29) is 22.0 Å². The Balaban J connectivity index is 2.25. The molecule has 1 heterocycles. The lowest BCUT2D eigenvalue weighted by Crippen LogP contribution is -2.28. The average Bonchev–Trinajstić information content (AvgIpc) is 2.63. The molecule has 2 rings (SSSR count). The van der Waals surface area contributed by atoms with Gasteiger partial charge in [-0.3, -0.25) is 0 Å². The van der Waals surface area contributed by atoms with E-state index in [4.69, 9.17) is 5.11 Å². The second-order valence-electron chi connectivity index (χ2n) is 5.34. The molecule has 0 amide bonds. The van der Waals surface area contributed by atoms with Crippen LogP contribution in [-0.2, 0) is 17.1 Å². The van der Waals surface area contributed by atoms with Gasteiger partial charge in [0.15, 0.2) is 0 Å². The van der Waals surface area contributed by atoms with E-state index in [0.717, 1.165) is 6.42 Å². The maximum Gasteiger partial charge on any atom is 0.352 e. The van der Waals surface area contributed by atoms with Gasteiger partial charge < -0.3 is 9.67 Å². The lowest BCUT2D eigenvalue weighted by Gasteiger charge is -2.06. The Labute approximate surface area is 106 Å². The summed E-state index contributed by atoms with van der Waals surface area (Å²) in [4.78, 5) is 10.9. The Bertz CT molecular complexity index is 601. The lowest BCUT2D eigenvalue weighted by atomic mass is 10.2. The third-order valence-corrected chi connectivity index (χ3v) is 4.76. The van der Waals surface area contributed by atoms with E-state index in [1.54, 1.807) is 0 Å². The third kappa shape index (κ3) is 2.28. The molecule has 0 spiro atoms. The van der Waals surface area contributed by atoms with E-state index in [9.17, 15) is 13.2 Å². The number of nitrogens with zero attached hydrogens (tertiary/aromatic N) is 1. The number of carbonyl (C=O) groups is 1. The van der Waals surface area contributed by atoms with Crippen LogP contribution in [0.5, 0.6) is 0 Å². The van der Waals surface area contributed by atoms with E-state index < -0.39 is 16.0 Å². The van der Waals surface area contributed by atoms with E-state index in [1.807, 2.05) is 13.8 Å². The van der Waals surface area contributed by atoms with E-state index in [1.165, 1.54) is 23.9 Å². The van der Waals surface area contributed by atoms with Gasteiger partial charge in [0, 0.05) is 19.3 Å². The molecule has 0 saturated heterocycles. The van der Waals surface area contributed by atoms with Crippen molar-refractivity contribution in [2.75, 3.05) is 0 Å². The molecule has 1 aliphatic rings. The van der Waals surface area contributed by atoms with Crippen molar-refractivity contribution < 1.29 is 18.3 Å². The standard InChI is InChI=1S/C11H16N2O4S/c1-11(2)5-9(11)12-18(16,17)7-4-8(10(14)15)13(3)6-7/h4,6,9,12H,5H2,1-3H3,(H,14,15). The first-order valence-corrected chi connectivity index (χ1v) is 7.04. The molecule has 1 unspecified atom stereocenters. The van der Waals surface area contributed by atoms with Crippen molar-refractivity contribution in [3.05, 3.63) is 18.0 Å². The van der Waals surface area contributed by atoms with Crippen LogP contribution in [0.3, 0.4) is 0 Å². The summed E-state index contributed by atoms with van der Waals surface area (Å²) in [6.45, 7) is 3.96. The highest BCUT2D eigenvalue weighted by Crippen LogP contribution is 2.45. The van der Waals surface area contributed by atoms with Crippen molar-refractivity contribution in [3.8, 4) is 0 Å². The molecule has 0 radical (unpaired) electrons. The summed E-state index contributed by atoms with van der Waals surface area (Å²) < 4.78 is 28.0. The Morgan fingerprint density at radius 1 is 1.56 bits per heavy atom. The first-order chi connectivity index (χ1) is 8.13. The second kappa shape index (κ2) is 3.83. The molecule has 18 heavy (non-hydrogen) atoms. The number of nitrogens with one attached hydrogen (secondary N) is 1. The fourth-order valence-electron chi connectivity index (χ4n) is 1.82. The van der Waals surface area contributed by atoms with Crippen molar-refractivity contribution in [1.82, 2.24) is 9.29 Å². The number of hydrogen-bond acceptors (Lipinski definition) is 3. The number of aromatic nitrogens is 1. The summed E-state index contributed by atoms with van der Waals surface area (Å²) in [6, 6.07) is 1.09. The topological polar surface area (TPSA) is 88.4 Å². The molecular formula is C11H16N2O4S. The SMILES string of the molecule is Cn1cc(S(=O)(=O)NC2CC2(C)C)cc1C(=O)O. The summed E-state index contributed by atoms with van der Waals surface area (Å²) in [7, 11) is -2.13. The third-order valence-electron chi connectivity index (χ3n) is 3.32. The monoisotopic (exact) mass is 272 g/mol. The molecule has 1 aromatic heterocycles. The predicted molar refractivity (Wildman–Crippen MR) is 64.9 cm³/mol. The first kappa shape index (κ1) is 13.1. The number of hydrogen-bond donors (Lipinski definition) is 2. The number of carboxylic acid groups (broad SMARTS) is 1. The summed E-state index contributed by atoms with van der Waals surface area (Å²) in [5, 5.41) is 8.89. The van der Waals surface area contributed by atoms with Gasteiger partial charge in [0.2, 0.25) is 10.0 Å². The highest BCUT2D eigenvalue weighted by molar-refractivity contribution is 7.89. The maximum atomic E-state index is 12.0. The van der Waals surface area contributed by atoms with Crippen molar-refractivity contribution in [2.24, 2.45) is 12.5 Å². The van der Waals surface area contributed by atoms with Gasteiger partial charge in [0.1, 0.15) is 10.6 Å². The van der Waals surface area contributed by atoms with Crippen LogP contribution in [-0.4, -0.2) is 30.1 Å². The number of aryl methyl sites for hydroxylation is 1. The van der Waals surface area contributed by atoms with Gasteiger partial charge in [-0.25, -0.2) is 17.9 Å². The Kier molecular flexibility index (Phi) is 2.78. The molecule has 100 valence electrons. The summed E-state index contributed by atoms with van der Waals surface area (Å²) in [5.74, 6) is -1.15. The highest BCUT2D eigenvalue weighted by Gasteiger charge is 2.48. The smallest absolute Gasteiger partial charge is 0.352 e. The van der Waals surface area contributed by atoms with Gasteiger partial charge in [-0.05, 0) is 17.9 Å². The molecular weight excluding hydrogens is 256 g/mol. The van der Waals surface area contributed by atoms with Crippen LogP contribution in [0, 0.1) is 5.41 Å². The number of carboxylic acids is 1. The minimum Gasteiger partial charge on any atom is -0.477 e. The van der Waals surface area contributed by atoms with Crippen LogP contribution in [0.15, 0.2) is 17.2 Å². The van der Waals surface area contributed by atoms with Gasteiger partial charge in [0.05, 0.1) is 0 Å². The minimum atomic E-state index is -3.64. The van der Waals surface area contributed by atoms with Gasteiger partial charge in [-0.2, -0.15) is 0 Å². The fourth-order valence-corrected chi connectivity index (χ4v) is 3.29. The maximum absolute atomic E-state index is 12.0. The Morgan fingerprint density at radius 2 is 2.11 bits per heavy atom. The van der Waals surface area contributed by atoms with Crippen LogP contribution in [0.2, 0.25) is 0 Å². The quantitative estimate of drug-likeness (QED) is 0.848. The molecule has 7 heteroatoms. The molecule has 0 bridgehead atoms. The molecule has 1 fully saturated rings. The van der Waals surface area contributed by atoms with Crippen molar-refractivity contribution in [1.29, 1.82) is 0 Å². The van der Waals surface area contributed by atoms with Crippen LogP contribution in [0.1, 0.15) is 30.8 Å². The van der Waals surface area contributed by atoms with Gasteiger partial charge >= 0.3 is 5.97 Å². The number of sulfonamides is 1. The summed E-state index contributed by atoms with van der Waals surface area (Å²) in [5.41, 5.74) is -0.0669. The first-order valence-electron chi connectivity index (χ1n) is 5.55. The zero-order valence-corrected chi connectivity index (χ0v) is 11.3. The molecule has 1 atom stereocenters. The summed E-state index contributed by atoms with van der Waals surface area (Å²) >= 11 is 0. The minimum absolute atomic E-state index is 0.00917. The molecule has 2 N–H and O–H groups in total. The van der Waals surface area contributed by atoms with E-state index >= 15 is 0 Å². The second-order valence-corrected chi connectivity index (χ2v) is 7.06. The number of rotatable bonds is 4. The molecule has 6 nitrogen and oxygen atoms in total. The zero-order valence-electron chi connectivity index (χ0n) is 10.5. The van der Waals surface area contributed by atoms with Gasteiger partial charge in [0.25, 0.3) is 0 Å². The van der Waals surface area contributed by atoms with Crippen molar-refractivity contribution in [3.63, 3.8) is 0 Å². The lowest BCUT2D eigenvalue weighted by molar-refractivity contribution is 0.0686. The van der Waals surface area contributed by atoms with Crippen LogP contribution >= 0.6 is 0 Å². The molecule has 0 aromatic carbocycles. The van der Waals surface area contributed by atoms with Gasteiger partial charge in [-0.15, -0.1) is 0 Å². The largest absolute Gasteiger partial charge is 0.477 e. The Morgan fingerprint density at radius 3 is 2.50 bits per heavy atom. The highest BCUT2D eigenvalue weighted by atomic mass is 32.2. The van der Waals surface area contributed by atoms with E-state index in [0.29, 0.717) is 0 Å². The van der Waals surface area contributed by atoms with E-state index in [2.05, 4.69) is 4.72 Å². The van der Waals surface area contributed by atoms with Crippen molar-refractivity contribution in [2.45, 2.75) is 31.2 Å². The van der Waals surface area contributed by atoms with Gasteiger partial charge in [-0.1, -0.05) is 13.8 Å². The van der Waals surface area contributed by atoms with Crippen molar-refractivity contribution >= 4 is 16.0 Å². The van der Waals surface area contributed by atoms with Crippen LogP contribution in [0.4, 0.5) is 0 Å². The molecule has 1 aromatic rings. The molecule has 0 aliphatic heterocycles. The van der Waals surface area contributed by atoms with Crippen LogP contribution < -0.4 is 4.72 Å². The molecule has 1 aliphatic carbocycles. The number of aromatic carboxylic acids is 1. The fraction of sp³-hybridized carbons (Fsp3) is 0.545. The Hall–Kier alpha value is -1.34.